The predicted molar refractivity (Wildman–Crippen MR) is 101 cm³/mol. The number of ether oxygens (including phenoxy) is 1. The van der Waals surface area contributed by atoms with Crippen molar-refractivity contribution in [2.45, 2.75) is 6.54 Å². The van der Waals surface area contributed by atoms with Crippen LogP contribution in [0.25, 0.3) is 10.6 Å². The Hall–Kier alpha value is -3.44. The number of carbonyl (C=O) groups is 1. The molecule has 3 rings (SSSR count). The Bertz CT molecular complexity index is 1000. The summed E-state index contributed by atoms with van der Waals surface area (Å²) in [5, 5.41) is 17.7. The second-order valence-corrected chi connectivity index (χ2v) is 6.48. The van der Waals surface area contributed by atoms with Gasteiger partial charge < -0.3 is 10.1 Å². The van der Waals surface area contributed by atoms with E-state index in [0.29, 0.717) is 11.3 Å². The van der Waals surface area contributed by atoms with Crippen molar-refractivity contribution in [2.75, 3.05) is 13.2 Å². The third kappa shape index (κ3) is 5.03. The zero-order valence-electron chi connectivity index (χ0n) is 14.3. The number of hydrogen-bond donors (Lipinski definition) is 1. The minimum Gasteiger partial charge on any atom is -0.484 e. The van der Waals surface area contributed by atoms with E-state index in [-0.39, 0.29) is 31.2 Å². The topological polar surface area (TPSA) is 97.0 Å². The summed E-state index contributed by atoms with van der Waals surface area (Å²) >= 11 is 1.54. The summed E-state index contributed by atoms with van der Waals surface area (Å²) in [5.41, 5.74) is 1.02. The maximum atomic E-state index is 11.9. The van der Waals surface area contributed by atoms with Crippen molar-refractivity contribution >= 4 is 17.2 Å². The van der Waals surface area contributed by atoms with Gasteiger partial charge in [0.2, 0.25) is 0 Å². The van der Waals surface area contributed by atoms with E-state index >= 15 is 0 Å². The van der Waals surface area contributed by atoms with E-state index in [4.69, 9.17) is 10.00 Å². The van der Waals surface area contributed by atoms with Crippen molar-refractivity contribution in [1.29, 1.82) is 5.26 Å². The molecule has 0 saturated heterocycles. The van der Waals surface area contributed by atoms with Crippen LogP contribution in [0.2, 0.25) is 0 Å². The lowest BCUT2D eigenvalue weighted by Crippen LogP contribution is -2.34. The lowest BCUT2D eigenvalue weighted by Gasteiger charge is -2.09. The van der Waals surface area contributed by atoms with Crippen LogP contribution in [0.3, 0.4) is 0 Å². The van der Waals surface area contributed by atoms with Gasteiger partial charge in [-0.2, -0.15) is 10.4 Å². The van der Waals surface area contributed by atoms with E-state index in [2.05, 4.69) is 10.4 Å². The number of rotatable bonds is 7. The van der Waals surface area contributed by atoms with Crippen molar-refractivity contribution < 1.29 is 9.53 Å². The molecule has 0 spiro atoms. The van der Waals surface area contributed by atoms with Gasteiger partial charge in [-0.25, -0.2) is 4.68 Å². The Kier molecular flexibility index (Phi) is 5.97. The average molecular weight is 380 g/mol. The fourth-order valence-electron chi connectivity index (χ4n) is 2.29. The van der Waals surface area contributed by atoms with Gasteiger partial charge in [-0.15, -0.1) is 11.3 Å². The van der Waals surface area contributed by atoms with Crippen molar-refractivity contribution in [1.82, 2.24) is 15.1 Å². The quantitative estimate of drug-likeness (QED) is 0.676. The lowest BCUT2D eigenvalue weighted by atomic mass is 10.2. The van der Waals surface area contributed by atoms with E-state index in [0.717, 1.165) is 10.6 Å². The van der Waals surface area contributed by atoms with Gasteiger partial charge in [0.1, 0.15) is 11.4 Å². The summed E-state index contributed by atoms with van der Waals surface area (Å²) in [5.74, 6) is 0.201. The highest BCUT2D eigenvalue weighted by Crippen LogP contribution is 2.20. The van der Waals surface area contributed by atoms with Crippen LogP contribution < -0.4 is 15.6 Å². The molecule has 136 valence electrons. The molecule has 7 nitrogen and oxygen atoms in total. The Labute approximate surface area is 159 Å². The first-order valence-electron chi connectivity index (χ1n) is 8.17. The van der Waals surface area contributed by atoms with Gasteiger partial charge in [0.05, 0.1) is 23.1 Å². The molecule has 27 heavy (non-hydrogen) atoms. The SMILES string of the molecule is N#Cc1ccc(OCC(=O)NCCn2nc(-c3cccs3)ccc2=O)cc1. The van der Waals surface area contributed by atoms with Crippen LogP contribution in [0.4, 0.5) is 0 Å². The number of thiophene rings is 1. The Balaban J connectivity index is 1.49. The number of amides is 1. The summed E-state index contributed by atoms with van der Waals surface area (Å²) in [4.78, 5) is 24.8. The monoisotopic (exact) mass is 380 g/mol. The van der Waals surface area contributed by atoms with Crippen molar-refractivity contribution in [2.24, 2.45) is 0 Å². The first-order valence-corrected chi connectivity index (χ1v) is 9.05. The molecule has 0 aliphatic heterocycles. The van der Waals surface area contributed by atoms with Crippen LogP contribution in [0.1, 0.15) is 5.56 Å². The van der Waals surface area contributed by atoms with Crippen LogP contribution in [0, 0.1) is 11.3 Å². The third-order valence-corrected chi connectivity index (χ3v) is 4.53. The molecule has 0 aliphatic rings. The van der Waals surface area contributed by atoms with Crippen LogP contribution in [0.5, 0.6) is 5.75 Å². The summed E-state index contributed by atoms with van der Waals surface area (Å²) in [6, 6.07) is 15.5. The number of hydrogen-bond acceptors (Lipinski definition) is 6. The summed E-state index contributed by atoms with van der Waals surface area (Å²) < 4.78 is 6.69. The molecule has 1 N–H and O–H groups in total. The Morgan fingerprint density at radius 1 is 1.22 bits per heavy atom. The normalized spacial score (nSPS) is 10.2. The highest BCUT2D eigenvalue weighted by atomic mass is 32.1. The molecule has 0 unspecified atom stereocenters. The first kappa shape index (κ1) is 18.4. The minimum atomic E-state index is -0.304. The molecule has 0 fully saturated rings. The van der Waals surface area contributed by atoms with Crippen LogP contribution in [-0.2, 0) is 11.3 Å². The fraction of sp³-hybridized carbons (Fsp3) is 0.158. The zero-order valence-corrected chi connectivity index (χ0v) is 15.1. The molecule has 8 heteroatoms. The summed E-state index contributed by atoms with van der Waals surface area (Å²) in [6.45, 7) is 0.375. The molecule has 3 aromatic rings. The molecule has 0 saturated carbocycles. The van der Waals surface area contributed by atoms with E-state index < -0.39 is 0 Å². The van der Waals surface area contributed by atoms with Crippen molar-refractivity contribution in [3.05, 3.63) is 69.8 Å². The smallest absolute Gasteiger partial charge is 0.266 e. The van der Waals surface area contributed by atoms with E-state index in [1.165, 1.54) is 10.7 Å². The molecule has 1 amide bonds. The average Bonchev–Trinajstić information content (AvgIpc) is 3.23. The largest absolute Gasteiger partial charge is 0.484 e. The first-order chi connectivity index (χ1) is 13.2. The van der Waals surface area contributed by atoms with Gasteiger partial charge >= 0.3 is 0 Å². The molecule has 0 radical (unpaired) electrons. The van der Waals surface area contributed by atoms with Crippen molar-refractivity contribution in [3.63, 3.8) is 0 Å². The zero-order chi connectivity index (χ0) is 19.1. The molecular formula is C19H16N4O3S. The number of aromatic nitrogens is 2. The summed E-state index contributed by atoms with van der Waals surface area (Å²) in [7, 11) is 0. The number of nitrogens with one attached hydrogen (secondary N) is 1. The van der Waals surface area contributed by atoms with Gasteiger partial charge in [-0.05, 0) is 41.8 Å². The molecular weight excluding hydrogens is 364 g/mol. The maximum absolute atomic E-state index is 11.9. The number of nitriles is 1. The highest BCUT2D eigenvalue weighted by Gasteiger charge is 2.06. The van der Waals surface area contributed by atoms with Gasteiger partial charge in [-0.1, -0.05) is 6.07 Å². The highest BCUT2D eigenvalue weighted by molar-refractivity contribution is 7.13. The van der Waals surface area contributed by atoms with Crippen LogP contribution in [0.15, 0.2) is 58.7 Å². The molecule has 2 aromatic heterocycles. The second-order valence-electron chi connectivity index (χ2n) is 5.53. The van der Waals surface area contributed by atoms with Gasteiger partial charge in [0.15, 0.2) is 6.61 Å². The Morgan fingerprint density at radius 2 is 2.04 bits per heavy atom. The van der Waals surface area contributed by atoms with Crippen LogP contribution >= 0.6 is 11.3 Å². The second kappa shape index (κ2) is 8.78. The molecule has 0 bridgehead atoms. The van der Waals surface area contributed by atoms with Crippen molar-refractivity contribution in [3.8, 4) is 22.4 Å². The number of carbonyl (C=O) groups excluding carboxylic acids is 1. The van der Waals surface area contributed by atoms with E-state index in [1.54, 1.807) is 41.7 Å². The minimum absolute atomic E-state index is 0.149. The molecule has 2 heterocycles. The predicted octanol–water partition coefficient (Wildman–Crippen LogP) is 2.04. The standard InChI is InChI=1S/C19H16N4O3S/c20-12-14-3-5-15(6-4-14)26-13-18(24)21-9-10-23-19(25)8-7-16(22-23)17-2-1-11-27-17/h1-8,11H,9-10,13H2,(H,21,24). The van der Waals surface area contributed by atoms with Gasteiger partial charge in [-0.3, -0.25) is 9.59 Å². The third-order valence-electron chi connectivity index (χ3n) is 3.64. The molecule has 0 aliphatic carbocycles. The van der Waals surface area contributed by atoms with Gasteiger partial charge in [0.25, 0.3) is 11.5 Å². The maximum Gasteiger partial charge on any atom is 0.266 e. The van der Waals surface area contributed by atoms with E-state index in [9.17, 15) is 9.59 Å². The van der Waals surface area contributed by atoms with Gasteiger partial charge in [0, 0.05) is 12.6 Å². The summed E-state index contributed by atoms with van der Waals surface area (Å²) in [6.07, 6.45) is 0. The molecule has 0 atom stereocenters. The fourth-order valence-corrected chi connectivity index (χ4v) is 2.98. The molecule has 1 aromatic carbocycles. The van der Waals surface area contributed by atoms with E-state index in [1.807, 2.05) is 23.6 Å². The lowest BCUT2D eigenvalue weighted by molar-refractivity contribution is -0.123. The number of benzene rings is 1. The Morgan fingerprint density at radius 3 is 2.74 bits per heavy atom. The van der Waals surface area contributed by atoms with Crippen LogP contribution in [-0.4, -0.2) is 28.8 Å². The number of nitrogens with zero attached hydrogens (tertiary/aromatic N) is 3.